The quantitative estimate of drug-likeness (QED) is 0.667. The van der Waals surface area contributed by atoms with Crippen molar-refractivity contribution < 1.29 is 9.53 Å². The van der Waals surface area contributed by atoms with E-state index in [4.69, 9.17) is 4.74 Å². The first-order valence-corrected chi connectivity index (χ1v) is 9.99. The second kappa shape index (κ2) is 8.43. The maximum absolute atomic E-state index is 12.7. The number of fused-ring (bicyclic) bond motifs is 1. The zero-order valence-electron chi connectivity index (χ0n) is 16.5. The molecule has 150 valence electrons. The van der Waals surface area contributed by atoms with Gasteiger partial charge in [0.25, 0.3) is 5.56 Å². The number of amides is 1. The number of hydrogen-bond acceptors (Lipinski definition) is 5. The van der Waals surface area contributed by atoms with Crippen molar-refractivity contribution in [2.24, 2.45) is 0 Å². The van der Waals surface area contributed by atoms with Crippen LogP contribution in [0.5, 0.6) is 5.75 Å². The molecule has 1 saturated heterocycles. The Balaban J connectivity index is 1.38. The summed E-state index contributed by atoms with van der Waals surface area (Å²) in [6.45, 7) is 3.79. The summed E-state index contributed by atoms with van der Waals surface area (Å²) in [6, 6.07) is 14.8. The first kappa shape index (κ1) is 19.1. The standard InChI is InChI=1S/C22H24N4O3/c1-2-29-18-9-7-16(8-10-18)15-21(27)25-13-11-17(12-14-25)26-22(28)19-5-3-4-6-20(19)23-24-26/h3-10,17H,2,11-15H2,1H3. The van der Waals surface area contributed by atoms with Crippen LogP contribution in [0.15, 0.2) is 53.3 Å². The molecule has 2 heterocycles. The first-order valence-electron chi connectivity index (χ1n) is 9.99. The second-order valence-electron chi connectivity index (χ2n) is 7.22. The molecule has 0 radical (unpaired) electrons. The monoisotopic (exact) mass is 392 g/mol. The molecule has 1 aromatic heterocycles. The van der Waals surface area contributed by atoms with Gasteiger partial charge in [0, 0.05) is 13.1 Å². The molecular weight excluding hydrogens is 368 g/mol. The van der Waals surface area contributed by atoms with Crippen molar-refractivity contribution in [3.63, 3.8) is 0 Å². The number of benzene rings is 2. The van der Waals surface area contributed by atoms with Gasteiger partial charge in [-0.15, -0.1) is 5.10 Å². The molecule has 1 amide bonds. The number of aromatic nitrogens is 3. The molecule has 0 spiro atoms. The van der Waals surface area contributed by atoms with Gasteiger partial charge in [0.05, 0.1) is 24.5 Å². The lowest BCUT2D eigenvalue weighted by atomic mass is 10.0. The Labute approximate surface area is 168 Å². The van der Waals surface area contributed by atoms with Crippen LogP contribution >= 0.6 is 0 Å². The number of rotatable bonds is 5. The van der Waals surface area contributed by atoms with E-state index in [1.165, 1.54) is 4.68 Å². The molecule has 29 heavy (non-hydrogen) atoms. The van der Waals surface area contributed by atoms with Crippen LogP contribution in [0.25, 0.3) is 10.9 Å². The Morgan fingerprint density at radius 1 is 1.10 bits per heavy atom. The van der Waals surface area contributed by atoms with E-state index in [0.717, 1.165) is 11.3 Å². The fourth-order valence-electron chi connectivity index (χ4n) is 3.76. The van der Waals surface area contributed by atoms with E-state index in [1.54, 1.807) is 12.1 Å². The van der Waals surface area contributed by atoms with Crippen molar-refractivity contribution in [2.75, 3.05) is 19.7 Å². The number of ether oxygens (including phenoxy) is 1. The van der Waals surface area contributed by atoms with Gasteiger partial charge in [-0.2, -0.15) is 0 Å². The SMILES string of the molecule is CCOc1ccc(CC(=O)N2CCC(n3nnc4ccccc4c3=O)CC2)cc1. The van der Waals surface area contributed by atoms with Crippen LogP contribution in [0.1, 0.15) is 31.4 Å². The minimum absolute atomic E-state index is 0.0332. The Bertz CT molecular complexity index is 1050. The molecule has 7 heteroatoms. The summed E-state index contributed by atoms with van der Waals surface area (Å²) in [4.78, 5) is 27.3. The number of carbonyl (C=O) groups is 1. The molecule has 0 unspecified atom stereocenters. The topological polar surface area (TPSA) is 77.3 Å². The Kier molecular flexibility index (Phi) is 5.55. The lowest BCUT2D eigenvalue weighted by molar-refractivity contribution is -0.131. The molecule has 1 fully saturated rings. The number of likely N-dealkylation sites (tertiary alicyclic amines) is 1. The van der Waals surface area contributed by atoms with Gasteiger partial charge in [0.15, 0.2) is 0 Å². The Morgan fingerprint density at radius 2 is 1.83 bits per heavy atom. The van der Waals surface area contributed by atoms with Crippen LogP contribution < -0.4 is 10.3 Å². The van der Waals surface area contributed by atoms with E-state index in [-0.39, 0.29) is 17.5 Å². The molecule has 0 N–H and O–H groups in total. The van der Waals surface area contributed by atoms with Gasteiger partial charge in [-0.05, 0) is 49.6 Å². The molecule has 3 aromatic rings. The molecule has 1 aliphatic rings. The van der Waals surface area contributed by atoms with Gasteiger partial charge >= 0.3 is 0 Å². The number of carbonyl (C=O) groups excluding carboxylic acids is 1. The molecule has 0 saturated carbocycles. The van der Waals surface area contributed by atoms with E-state index >= 15 is 0 Å². The largest absolute Gasteiger partial charge is 0.494 e. The predicted octanol–water partition coefficient (Wildman–Crippen LogP) is 2.60. The highest BCUT2D eigenvalue weighted by molar-refractivity contribution is 5.79. The van der Waals surface area contributed by atoms with Crippen LogP contribution in [0.4, 0.5) is 0 Å². The van der Waals surface area contributed by atoms with Crippen molar-refractivity contribution in [3.05, 3.63) is 64.4 Å². The minimum Gasteiger partial charge on any atom is -0.494 e. The van der Waals surface area contributed by atoms with E-state index in [2.05, 4.69) is 10.3 Å². The third kappa shape index (κ3) is 4.13. The second-order valence-corrected chi connectivity index (χ2v) is 7.22. The average Bonchev–Trinajstić information content (AvgIpc) is 2.76. The lowest BCUT2D eigenvalue weighted by Gasteiger charge is -2.32. The zero-order chi connectivity index (χ0) is 20.2. The lowest BCUT2D eigenvalue weighted by Crippen LogP contribution is -2.42. The average molecular weight is 392 g/mol. The van der Waals surface area contributed by atoms with Crippen molar-refractivity contribution in [1.29, 1.82) is 0 Å². The van der Waals surface area contributed by atoms with Crippen molar-refractivity contribution in [3.8, 4) is 5.75 Å². The normalized spacial score (nSPS) is 14.9. The molecule has 1 aliphatic heterocycles. The van der Waals surface area contributed by atoms with Crippen LogP contribution in [0.2, 0.25) is 0 Å². The van der Waals surface area contributed by atoms with E-state index in [1.807, 2.05) is 48.2 Å². The Morgan fingerprint density at radius 3 is 2.55 bits per heavy atom. The van der Waals surface area contributed by atoms with Crippen molar-refractivity contribution >= 4 is 16.8 Å². The van der Waals surface area contributed by atoms with Crippen LogP contribution in [-0.4, -0.2) is 45.5 Å². The number of hydrogen-bond donors (Lipinski definition) is 0. The highest BCUT2D eigenvalue weighted by atomic mass is 16.5. The molecule has 2 aromatic carbocycles. The van der Waals surface area contributed by atoms with Crippen molar-refractivity contribution in [1.82, 2.24) is 19.9 Å². The smallest absolute Gasteiger partial charge is 0.277 e. The summed E-state index contributed by atoms with van der Waals surface area (Å²) in [6.07, 6.45) is 1.76. The van der Waals surface area contributed by atoms with Crippen LogP contribution in [0, 0.1) is 0 Å². The highest BCUT2D eigenvalue weighted by Gasteiger charge is 2.25. The van der Waals surface area contributed by atoms with Gasteiger partial charge in [-0.3, -0.25) is 9.59 Å². The minimum atomic E-state index is -0.116. The summed E-state index contributed by atoms with van der Waals surface area (Å²) in [7, 11) is 0. The molecule has 7 nitrogen and oxygen atoms in total. The molecule has 0 aliphatic carbocycles. The van der Waals surface area contributed by atoms with E-state index in [0.29, 0.717) is 49.9 Å². The van der Waals surface area contributed by atoms with E-state index in [9.17, 15) is 9.59 Å². The number of piperidine rings is 1. The first-order chi connectivity index (χ1) is 14.2. The zero-order valence-corrected chi connectivity index (χ0v) is 16.5. The van der Waals surface area contributed by atoms with Gasteiger partial charge in [0.2, 0.25) is 5.91 Å². The van der Waals surface area contributed by atoms with Gasteiger partial charge in [-0.25, -0.2) is 4.68 Å². The molecule has 4 rings (SSSR count). The fraction of sp³-hybridized carbons (Fsp3) is 0.364. The van der Waals surface area contributed by atoms with Crippen LogP contribution in [-0.2, 0) is 11.2 Å². The third-order valence-corrected chi connectivity index (χ3v) is 5.34. The predicted molar refractivity (Wildman–Crippen MR) is 110 cm³/mol. The number of nitrogens with zero attached hydrogens (tertiary/aromatic N) is 4. The summed E-state index contributed by atoms with van der Waals surface area (Å²) in [5.74, 6) is 0.913. The molecular formula is C22H24N4O3. The Hall–Kier alpha value is -3.22. The maximum Gasteiger partial charge on any atom is 0.277 e. The maximum atomic E-state index is 12.7. The van der Waals surface area contributed by atoms with Crippen molar-refractivity contribution in [2.45, 2.75) is 32.2 Å². The summed E-state index contributed by atoms with van der Waals surface area (Å²) >= 11 is 0. The summed E-state index contributed by atoms with van der Waals surface area (Å²) in [5.41, 5.74) is 1.46. The fourth-order valence-corrected chi connectivity index (χ4v) is 3.76. The molecule has 0 bridgehead atoms. The molecule has 0 atom stereocenters. The van der Waals surface area contributed by atoms with E-state index < -0.39 is 0 Å². The summed E-state index contributed by atoms with van der Waals surface area (Å²) < 4.78 is 6.92. The van der Waals surface area contributed by atoms with Gasteiger partial charge in [0.1, 0.15) is 11.3 Å². The highest BCUT2D eigenvalue weighted by Crippen LogP contribution is 2.22. The summed E-state index contributed by atoms with van der Waals surface area (Å²) in [5, 5.41) is 8.88. The van der Waals surface area contributed by atoms with Gasteiger partial charge < -0.3 is 9.64 Å². The van der Waals surface area contributed by atoms with Gasteiger partial charge in [-0.1, -0.05) is 29.5 Å². The van der Waals surface area contributed by atoms with Crippen LogP contribution in [0.3, 0.4) is 0 Å². The third-order valence-electron chi connectivity index (χ3n) is 5.34.